The van der Waals surface area contributed by atoms with E-state index in [1.54, 1.807) is 7.11 Å². The van der Waals surface area contributed by atoms with E-state index in [1.807, 2.05) is 12.1 Å². The maximum atomic E-state index is 5.19. The summed E-state index contributed by atoms with van der Waals surface area (Å²) >= 11 is 0. The van der Waals surface area contributed by atoms with E-state index < -0.39 is 0 Å². The van der Waals surface area contributed by atoms with Gasteiger partial charge < -0.3 is 4.74 Å². The minimum Gasteiger partial charge on any atom is -0.497 e. The number of rotatable bonds is 3. The number of ether oxygens (including phenoxy) is 1. The van der Waals surface area contributed by atoms with E-state index in [4.69, 9.17) is 4.74 Å². The standard InChI is InChI=1S/C14H15N3O/c1-18-11-8-6-10(7-9-11)12-4-2-3-5-13(12)14-15-17-16-14/h3,5-9,17H,2,4H2,1H3,(H,15,16). The molecule has 0 spiro atoms. The van der Waals surface area contributed by atoms with E-state index in [2.05, 4.69) is 39.7 Å². The molecule has 0 radical (unpaired) electrons. The zero-order valence-corrected chi connectivity index (χ0v) is 10.2. The summed E-state index contributed by atoms with van der Waals surface area (Å²) in [6.45, 7) is 0. The molecule has 2 aromatic rings. The van der Waals surface area contributed by atoms with Crippen LogP contribution in [0.2, 0.25) is 0 Å². The van der Waals surface area contributed by atoms with Crippen LogP contribution in [-0.4, -0.2) is 22.5 Å². The summed E-state index contributed by atoms with van der Waals surface area (Å²) in [4.78, 5) is 0. The van der Waals surface area contributed by atoms with E-state index in [9.17, 15) is 0 Å². The third-order valence-electron chi connectivity index (χ3n) is 3.21. The monoisotopic (exact) mass is 241 g/mol. The van der Waals surface area contributed by atoms with E-state index in [0.29, 0.717) is 0 Å². The molecule has 1 aliphatic carbocycles. The normalized spacial score (nSPS) is 15.2. The van der Waals surface area contributed by atoms with Gasteiger partial charge in [-0.25, -0.2) is 5.21 Å². The lowest BCUT2D eigenvalue weighted by Crippen LogP contribution is -2.06. The molecule has 1 heterocycles. The Morgan fingerprint density at radius 2 is 2.00 bits per heavy atom. The molecule has 0 aliphatic heterocycles. The fraction of sp³-hybridized carbons (Fsp3) is 0.214. The van der Waals surface area contributed by atoms with Crippen molar-refractivity contribution >= 4 is 11.1 Å². The second-order valence-electron chi connectivity index (χ2n) is 4.26. The van der Waals surface area contributed by atoms with Crippen LogP contribution in [0.5, 0.6) is 5.75 Å². The van der Waals surface area contributed by atoms with Crippen molar-refractivity contribution < 1.29 is 4.74 Å². The van der Waals surface area contributed by atoms with Crippen LogP contribution >= 0.6 is 0 Å². The summed E-state index contributed by atoms with van der Waals surface area (Å²) in [6, 6.07) is 8.18. The second-order valence-corrected chi connectivity index (χ2v) is 4.26. The van der Waals surface area contributed by atoms with Crippen LogP contribution in [0.15, 0.2) is 36.4 Å². The van der Waals surface area contributed by atoms with Gasteiger partial charge in [0, 0.05) is 5.57 Å². The fourth-order valence-electron chi connectivity index (χ4n) is 2.22. The van der Waals surface area contributed by atoms with Gasteiger partial charge in [0.1, 0.15) is 5.75 Å². The van der Waals surface area contributed by atoms with E-state index >= 15 is 0 Å². The number of H-pyrrole nitrogens is 2. The lowest BCUT2D eigenvalue weighted by molar-refractivity contribution is 0.415. The van der Waals surface area contributed by atoms with Crippen molar-refractivity contribution in [1.29, 1.82) is 0 Å². The summed E-state index contributed by atoms with van der Waals surface area (Å²) in [5, 5.41) is 9.83. The number of aromatic nitrogens is 3. The number of nitrogens with one attached hydrogen (secondary N) is 2. The molecule has 0 bridgehead atoms. The predicted molar refractivity (Wildman–Crippen MR) is 71.1 cm³/mol. The molecule has 1 aliphatic rings. The number of hydrogen-bond donors (Lipinski definition) is 2. The third kappa shape index (κ3) is 1.86. The van der Waals surface area contributed by atoms with Gasteiger partial charge in [-0.15, -0.1) is 5.10 Å². The van der Waals surface area contributed by atoms with Crippen LogP contribution < -0.4 is 4.74 Å². The van der Waals surface area contributed by atoms with Crippen molar-refractivity contribution in [1.82, 2.24) is 15.4 Å². The van der Waals surface area contributed by atoms with Gasteiger partial charge in [-0.2, -0.15) is 0 Å². The number of benzene rings is 1. The second kappa shape index (κ2) is 4.56. The van der Waals surface area contributed by atoms with Crippen LogP contribution in [-0.2, 0) is 0 Å². The van der Waals surface area contributed by atoms with Crippen molar-refractivity contribution in [2.24, 2.45) is 0 Å². The zero-order chi connectivity index (χ0) is 12.4. The van der Waals surface area contributed by atoms with Crippen molar-refractivity contribution in [3.05, 3.63) is 47.8 Å². The Morgan fingerprint density at radius 1 is 1.22 bits per heavy atom. The number of allylic oxidation sites excluding steroid dienone is 4. The molecule has 4 nitrogen and oxygen atoms in total. The predicted octanol–water partition coefficient (Wildman–Crippen LogP) is 3.01. The Morgan fingerprint density at radius 3 is 2.61 bits per heavy atom. The molecule has 3 rings (SSSR count). The lowest BCUT2D eigenvalue weighted by atomic mass is 9.91. The van der Waals surface area contributed by atoms with E-state index in [0.717, 1.165) is 24.4 Å². The largest absolute Gasteiger partial charge is 0.497 e. The first kappa shape index (κ1) is 10.9. The van der Waals surface area contributed by atoms with Gasteiger partial charge >= 0.3 is 0 Å². The minimum atomic E-state index is 0.882. The van der Waals surface area contributed by atoms with Gasteiger partial charge in [0.05, 0.1) is 7.11 Å². The molecule has 4 heteroatoms. The average molecular weight is 241 g/mol. The molecule has 0 amide bonds. The average Bonchev–Trinajstić information content (AvgIpc) is 2.38. The van der Waals surface area contributed by atoms with E-state index in [-0.39, 0.29) is 0 Å². The smallest absolute Gasteiger partial charge is 0.175 e. The first-order valence-electron chi connectivity index (χ1n) is 6.01. The highest BCUT2D eigenvalue weighted by atomic mass is 16.5. The van der Waals surface area contributed by atoms with Crippen molar-refractivity contribution in [3.63, 3.8) is 0 Å². The van der Waals surface area contributed by atoms with Gasteiger partial charge in [0.15, 0.2) is 5.82 Å². The Kier molecular flexibility index (Phi) is 2.76. The first-order valence-corrected chi connectivity index (χ1v) is 6.01. The topological polar surface area (TPSA) is 53.7 Å². The van der Waals surface area contributed by atoms with Gasteiger partial charge in [-0.1, -0.05) is 24.3 Å². The highest BCUT2D eigenvalue weighted by molar-refractivity contribution is 5.94. The van der Waals surface area contributed by atoms with Crippen LogP contribution in [0.4, 0.5) is 0 Å². The highest BCUT2D eigenvalue weighted by Gasteiger charge is 2.15. The Labute approximate surface area is 105 Å². The number of methoxy groups -OCH3 is 1. The summed E-state index contributed by atoms with van der Waals surface area (Å²) in [6.07, 6.45) is 6.44. The van der Waals surface area contributed by atoms with Crippen LogP contribution in [0, 0.1) is 0 Å². The zero-order valence-electron chi connectivity index (χ0n) is 10.2. The van der Waals surface area contributed by atoms with E-state index in [1.165, 1.54) is 16.7 Å². The summed E-state index contributed by atoms with van der Waals surface area (Å²) in [7, 11) is 1.68. The van der Waals surface area contributed by atoms with Crippen LogP contribution in [0.3, 0.4) is 0 Å². The highest BCUT2D eigenvalue weighted by Crippen LogP contribution is 2.33. The lowest BCUT2D eigenvalue weighted by Gasteiger charge is -2.17. The summed E-state index contributed by atoms with van der Waals surface area (Å²) in [5.41, 5.74) is 3.73. The third-order valence-corrected chi connectivity index (χ3v) is 3.21. The molecule has 2 N–H and O–H groups in total. The molecular formula is C14H15N3O. The molecule has 18 heavy (non-hydrogen) atoms. The van der Waals surface area contributed by atoms with Crippen molar-refractivity contribution in [2.75, 3.05) is 7.11 Å². The SMILES string of the molecule is COc1ccc(C2=C(c3n[nH][nH]3)C=CCC2)cc1. The van der Waals surface area contributed by atoms with Crippen LogP contribution in [0.1, 0.15) is 24.2 Å². The molecule has 0 saturated carbocycles. The Balaban J connectivity index is 2.02. The van der Waals surface area contributed by atoms with Crippen molar-refractivity contribution in [3.8, 4) is 5.75 Å². The van der Waals surface area contributed by atoms with Crippen molar-refractivity contribution in [2.45, 2.75) is 12.8 Å². The maximum Gasteiger partial charge on any atom is 0.175 e. The summed E-state index contributed by atoms with van der Waals surface area (Å²) < 4.78 is 5.19. The molecule has 0 unspecified atom stereocenters. The molecule has 0 saturated heterocycles. The quantitative estimate of drug-likeness (QED) is 0.867. The summed E-state index contributed by atoms with van der Waals surface area (Å²) in [5.74, 6) is 1.80. The molecule has 1 aromatic heterocycles. The van der Waals surface area contributed by atoms with Gasteiger partial charge in [-0.3, -0.25) is 5.10 Å². The Hall–Kier alpha value is -2.23. The van der Waals surface area contributed by atoms with Gasteiger partial charge in [-0.05, 0) is 36.1 Å². The molecule has 0 atom stereocenters. The number of nitrogens with zero attached hydrogens (tertiary/aromatic N) is 1. The van der Waals surface area contributed by atoms with Gasteiger partial charge in [0.2, 0.25) is 0 Å². The number of hydrogen-bond acceptors (Lipinski definition) is 2. The molecule has 1 aromatic carbocycles. The first-order chi connectivity index (χ1) is 8.88. The fourth-order valence-corrected chi connectivity index (χ4v) is 2.22. The molecule has 0 fully saturated rings. The maximum absolute atomic E-state index is 5.19. The van der Waals surface area contributed by atoms with Gasteiger partial charge in [0.25, 0.3) is 0 Å². The van der Waals surface area contributed by atoms with Crippen LogP contribution in [0.25, 0.3) is 11.1 Å². The molecule has 92 valence electrons. The minimum absolute atomic E-state index is 0.882. The Bertz CT molecular complexity index is 578. The number of aromatic amines is 2. The molecular weight excluding hydrogens is 226 g/mol.